The van der Waals surface area contributed by atoms with Gasteiger partial charge in [-0.1, -0.05) is 0 Å². The van der Waals surface area contributed by atoms with Gasteiger partial charge in [0.05, 0.1) is 5.41 Å². The molecule has 15 heavy (non-hydrogen) atoms. The summed E-state index contributed by atoms with van der Waals surface area (Å²) < 4.78 is 5.24. The molecule has 0 aromatic carbocycles. The summed E-state index contributed by atoms with van der Waals surface area (Å²) in [6.45, 7) is 5.18. The molecule has 0 bridgehead atoms. The molecule has 2 N–H and O–H groups in total. The third-order valence-corrected chi connectivity index (χ3v) is 3.14. The fraction of sp³-hybridized carbons (Fsp3) is 0.900. The molecule has 0 atom stereocenters. The van der Waals surface area contributed by atoms with Gasteiger partial charge in [-0.2, -0.15) is 0 Å². The number of nitrogens with one attached hydrogen (secondary N) is 2. The second-order valence-corrected chi connectivity index (χ2v) is 4.52. The second-order valence-electron chi connectivity index (χ2n) is 4.52. The van der Waals surface area contributed by atoms with Gasteiger partial charge >= 0.3 is 0 Å². The van der Waals surface area contributed by atoms with Crippen molar-refractivity contribution in [3.05, 3.63) is 0 Å². The van der Waals surface area contributed by atoms with Gasteiger partial charge in [0.1, 0.15) is 0 Å². The topological polar surface area (TPSA) is 50.4 Å². The minimum absolute atomic E-state index is 0. The van der Waals surface area contributed by atoms with Gasteiger partial charge < -0.3 is 15.4 Å². The molecule has 2 aliphatic rings. The van der Waals surface area contributed by atoms with Crippen molar-refractivity contribution in [3.63, 3.8) is 0 Å². The Balaban J connectivity index is 0.00000112. The molecule has 1 amide bonds. The van der Waals surface area contributed by atoms with Crippen LogP contribution in [0.3, 0.4) is 0 Å². The van der Waals surface area contributed by atoms with Gasteiger partial charge in [0.2, 0.25) is 5.91 Å². The molecule has 2 fully saturated rings. The van der Waals surface area contributed by atoms with Crippen LogP contribution in [0.4, 0.5) is 0 Å². The Bertz CT molecular complexity index is 225. The maximum Gasteiger partial charge on any atom is 0.228 e. The van der Waals surface area contributed by atoms with Crippen LogP contribution < -0.4 is 10.6 Å². The van der Waals surface area contributed by atoms with E-state index in [9.17, 15) is 4.79 Å². The lowest BCUT2D eigenvalue weighted by molar-refractivity contribution is -0.134. The highest BCUT2D eigenvalue weighted by Crippen LogP contribution is 2.22. The van der Waals surface area contributed by atoms with Crippen LogP contribution in [0.15, 0.2) is 0 Å². The molecule has 2 rings (SSSR count). The summed E-state index contributed by atoms with van der Waals surface area (Å²) in [4.78, 5) is 11.8. The lowest BCUT2D eigenvalue weighted by Crippen LogP contribution is -2.61. The van der Waals surface area contributed by atoms with Crippen molar-refractivity contribution in [2.45, 2.75) is 25.8 Å². The maximum atomic E-state index is 11.8. The summed E-state index contributed by atoms with van der Waals surface area (Å²) in [5, 5.41) is 6.24. The minimum atomic E-state index is -0.168. The van der Waals surface area contributed by atoms with Crippen molar-refractivity contribution in [3.8, 4) is 0 Å². The molecular weight excluding hydrogens is 216 g/mol. The Morgan fingerprint density at radius 3 is 2.47 bits per heavy atom. The number of rotatable bonds is 2. The molecule has 0 spiro atoms. The lowest BCUT2D eigenvalue weighted by atomic mass is 9.83. The summed E-state index contributed by atoms with van der Waals surface area (Å²) in [5.41, 5.74) is -0.168. The van der Waals surface area contributed by atoms with E-state index in [1.165, 1.54) is 0 Å². The van der Waals surface area contributed by atoms with E-state index in [1.54, 1.807) is 0 Å². The summed E-state index contributed by atoms with van der Waals surface area (Å²) in [7, 11) is 0. The van der Waals surface area contributed by atoms with Crippen molar-refractivity contribution in [2.24, 2.45) is 5.41 Å². The normalized spacial score (nSPS) is 24.9. The third-order valence-electron chi connectivity index (χ3n) is 3.14. The van der Waals surface area contributed by atoms with Crippen molar-refractivity contribution < 1.29 is 9.53 Å². The molecule has 2 heterocycles. The van der Waals surface area contributed by atoms with Crippen LogP contribution in [0.5, 0.6) is 0 Å². The van der Waals surface area contributed by atoms with Gasteiger partial charge in [0.25, 0.3) is 0 Å². The number of hydrogen-bond acceptors (Lipinski definition) is 3. The van der Waals surface area contributed by atoms with Gasteiger partial charge in [-0.25, -0.2) is 0 Å². The second kappa shape index (κ2) is 5.14. The van der Waals surface area contributed by atoms with E-state index in [0.29, 0.717) is 6.04 Å². The van der Waals surface area contributed by atoms with Crippen molar-refractivity contribution in [1.82, 2.24) is 10.6 Å². The molecule has 88 valence electrons. The van der Waals surface area contributed by atoms with Gasteiger partial charge in [0.15, 0.2) is 0 Å². The Morgan fingerprint density at radius 2 is 2.00 bits per heavy atom. The maximum absolute atomic E-state index is 11.8. The summed E-state index contributed by atoms with van der Waals surface area (Å²) >= 11 is 0. The monoisotopic (exact) mass is 234 g/mol. The average molecular weight is 235 g/mol. The lowest BCUT2D eigenvalue weighted by Gasteiger charge is -2.39. The Labute approximate surface area is 96.5 Å². The van der Waals surface area contributed by atoms with Gasteiger partial charge in [0, 0.05) is 32.3 Å². The van der Waals surface area contributed by atoms with Crippen LogP contribution in [0.1, 0.15) is 19.8 Å². The number of carbonyl (C=O) groups excluding carboxylic acids is 1. The highest BCUT2D eigenvalue weighted by molar-refractivity contribution is 5.85. The SMILES string of the molecule is CC1(C(=O)NC2CCOCC2)CNC1.Cl. The number of amides is 1. The molecule has 0 aromatic rings. The Morgan fingerprint density at radius 1 is 1.40 bits per heavy atom. The van der Waals surface area contributed by atoms with Crippen LogP contribution in [-0.4, -0.2) is 38.3 Å². The Kier molecular flexibility index (Phi) is 4.37. The van der Waals surface area contributed by atoms with Crippen LogP contribution >= 0.6 is 12.4 Å². The predicted molar refractivity (Wildman–Crippen MR) is 60.2 cm³/mol. The van der Waals surface area contributed by atoms with E-state index in [2.05, 4.69) is 10.6 Å². The molecular formula is C10H19ClN2O2. The van der Waals surface area contributed by atoms with Crippen molar-refractivity contribution in [2.75, 3.05) is 26.3 Å². The quantitative estimate of drug-likeness (QED) is 0.723. The van der Waals surface area contributed by atoms with E-state index in [4.69, 9.17) is 4.74 Å². The van der Waals surface area contributed by atoms with E-state index in [0.717, 1.165) is 39.1 Å². The highest BCUT2D eigenvalue weighted by Gasteiger charge is 2.40. The number of carbonyl (C=O) groups is 1. The molecule has 2 saturated heterocycles. The van der Waals surface area contributed by atoms with Crippen LogP contribution in [-0.2, 0) is 9.53 Å². The summed E-state index contributed by atoms with van der Waals surface area (Å²) in [5.74, 6) is 0.197. The molecule has 0 aromatic heterocycles. The fourth-order valence-electron chi connectivity index (χ4n) is 1.86. The first-order valence-corrected chi connectivity index (χ1v) is 5.30. The van der Waals surface area contributed by atoms with Crippen LogP contribution in [0.2, 0.25) is 0 Å². The van der Waals surface area contributed by atoms with Gasteiger partial charge in [-0.15, -0.1) is 12.4 Å². The number of ether oxygens (including phenoxy) is 1. The molecule has 0 saturated carbocycles. The number of halogens is 1. The fourth-order valence-corrected chi connectivity index (χ4v) is 1.86. The molecule has 5 heteroatoms. The zero-order valence-electron chi connectivity index (χ0n) is 9.04. The first kappa shape index (κ1) is 12.7. The zero-order chi connectivity index (χ0) is 10.0. The van der Waals surface area contributed by atoms with E-state index < -0.39 is 0 Å². The van der Waals surface area contributed by atoms with E-state index in [1.807, 2.05) is 6.92 Å². The summed E-state index contributed by atoms with van der Waals surface area (Å²) in [6, 6.07) is 0.327. The largest absolute Gasteiger partial charge is 0.381 e. The van der Waals surface area contributed by atoms with Gasteiger partial charge in [-0.05, 0) is 19.8 Å². The first-order chi connectivity index (χ1) is 6.71. The Hall–Kier alpha value is -0.320. The third kappa shape index (κ3) is 2.83. The molecule has 2 aliphatic heterocycles. The average Bonchev–Trinajstić information content (AvgIpc) is 2.15. The standard InChI is InChI=1S/C10H18N2O2.ClH/c1-10(6-11-7-10)9(13)12-8-2-4-14-5-3-8;/h8,11H,2-7H2,1H3,(H,12,13);1H. The molecule has 4 nitrogen and oxygen atoms in total. The minimum Gasteiger partial charge on any atom is -0.381 e. The zero-order valence-corrected chi connectivity index (χ0v) is 9.86. The van der Waals surface area contributed by atoms with Crippen LogP contribution in [0.25, 0.3) is 0 Å². The van der Waals surface area contributed by atoms with E-state index >= 15 is 0 Å². The first-order valence-electron chi connectivity index (χ1n) is 5.30. The summed E-state index contributed by atoms with van der Waals surface area (Å²) in [6.07, 6.45) is 1.91. The van der Waals surface area contributed by atoms with Crippen molar-refractivity contribution >= 4 is 18.3 Å². The molecule has 0 radical (unpaired) electrons. The molecule has 0 aliphatic carbocycles. The number of hydrogen-bond donors (Lipinski definition) is 2. The molecule has 0 unspecified atom stereocenters. The highest BCUT2D eigenvalue weighted by atomic mass is 35.5. The van der Waals surface area contributed by atoms with Crippen molar-refractivity contribution in [1.29, 1.82) is 0 Å². The smallest absolute Gasteiger partial charge is 0.228 e. The van der Waals surface area contributed by atoms with Crippen LogP contribution in [0, 0.1) is 5.41 Å². The van der Waals surface area contributed by atoms with Gasteiger partial charge in [-0.3, -0.25) is 4.79 Å². The predicted octanol–water partition coefficient (Wildman–Crippen LogP) is 0.313. The van der Waals surface area contributed by atoms with E-state index in [-0.39, 0.29) is 23.7 Å².